The largest absolute Gasteiger partial charge is 0.287 e. The van der Waals surface area contributed by atoms with Crippen molar-refractivity contribution in [1.82, 2.24) is 0 Å². The lowest BCUT2D eigenvalue weighted by Crippen LogP contribution is -2.27. The van der Waals surface area contributed by atoms with Crippen LogP contribution in [-0.2, 0) is 0 Å². The molecule has 2 atom stereocenters. The van der Waals surface area contributed by atoms with Crippen LogP contribution < -0.4 is 0 Å². The van der Waals surface area contributed by atoms with Crippen LogP contribution >= 0.6 is 23.5 Å². The van der Waals surface area contributed by atoms with E-state index in [0.29, 0.717) is 0 Å². The van der Waals surface area contributed by atoms with Gasteiger partial charge in [-0.15, -0.1) is 23.5 Å². The maximum atomic E-state index is 5.06. The van der Waals surface area contributed by atoms with E-state index in [4.69, 9.17) is 9.98 Å². The van der Waals surface area contributed by atoms with Crippen molar-refractivity contribution in [1.29, 1.82) is 0 Å². The van der Waals surface area contributed by atoms with Crippen LogP contribution in [0.5, 0.6) is 0 Å². The molecule has 0 N–H and O–H groups in total. The summed E-state index contributed by atoms with van der Waals surface area (Å²) in [4.78, 5) is 12.7. The Morgan fingerprint density at radius 2 is 1.03 bits per heavy atom. The Kier molecular flexibility index (Phi) is 8.68. The molecule has 1 fully saturated rings. The van der Waals surface area contributed by atoms with E-state index in [1.54, 1.807) is 0 Å². The van der Waals surface area contributed by atoms with E-state index >= 15 is 0 Å². The van der Waals surface area contributed by atoms with Gasteiger partial charge in [0.1, 0.15) is 0 Å². The van der Waals surface area contributed by atoms with Crippen LogP contribution in [0.4, 0.5) is 0 Å². The van der Waals surface area contributed by atoms with Crippen LogP contribution in [0.1, 0.15) is 78.4 Å². The van der Waals surface area contributed by atoms with Gasteiger partial charge >= 0.3 is 0 Å². The van der Waals surface area contributed by atoms with E-state index < -0.39 is 0 Å². The average molecular weight is 467 g/mol. The van der Waals surface area contributed by atoms with Gasteiger partial charge in [0.25, 0.3) is 0 Å². The van der Waals surface area contributed by atoms with Crippen molar-refractivity contribution in [2.75, 3.05) is 0 Å². The standard InChI is InChI=1S/C28H38N2S2/c1-27(2,3)31-25-17-11-7-13-21(25)19-29-23-15-9-10-16-24(23)30-20-22-14-8-12-18-26(22)32-28(4,5)6/h7-8,11-14,17-20,23-24H,9-10,15-16H2,1-6H3/t23-,24-/m1/s1. The number of nitrogens with zero attached hydrogens (tertiary/aromatic N) is 2. The van der Waals surface area contributed by atoms with E-state index in [9.17, 15) is 0 Å². The number of thioether (sulfide) groups is 2. The Morgan fingerprint density at radius 1 is 0.656 bits per heavy atom. The first kappa shape index (κ1) is 25.1. The Labute approximate surface area is 203 Å². The first-order valence-electron chi connectivity index (χ1n) is 11.7. The van der Waals surface area contributed by atoms with Crippen molar-refractivity contribution in [2.24, 2.45) is 9.98 Å². The maximum absolute atomic E-state index is 5.06. The lowest BCUT2D eigenvalue weighted by atomic mass is 9.91. The highest BCUT2D eigenvalue weighted by Crippen LogP contribution is 2.35. The molecule has 1 aliphatic carbocycles. The fraction of sp³-hybridized carbons (Fsp3) is 0.500. The van der Waals surface area contributed by atoms with Crippen LogP contribution in [0.15, 0.2) is 68.3 Å². The summed E-state index contributed by atoms with van der Waals surface area (Å²) in [6, 6.07) is 17.7. The van der Waals surface area contributed by atoms with Crippen LogP contribution in [0.25, 0.3) is 0 Å². The second-order valence-electron chi connectivity index (χ2n) is 10.5. The average Bonchev–Trinajstić information content (AvgIpc) is 2.71. The maximum Gasteiger partial charge on any atom is 0.0723 e. The van der Waals surface area contributed by atoms with E-state index in [1.165, 1.54) is 33.8 Å². The molecular formula is C28H38N2S2. The van der Waals surface area contributed by atoms with Crippen LogP contribution in [-0.4, -0.2) is 34.0 Å². The molecule has 2 aromatic carbocycles. The predicted molar refractivity (Wildman–Crippen MR) is 145 cm³/mol. The third-order valence-electron chi connectivity index (χ3n) is 5.17. The summed E-state index contributed by atoms with van der Waals surface area (Å²) >= 11 is 3.81. The van der Waals surface area contributed by atoms with Gasteiger partial charge in [0.05, 0.1) is 12.1 Å². The smallest absolute Gasteiger partial charge is 0.0723 e. The minimum Gasteiger partial charge on any atom is -0.287 e. The van der Waals surface area contributed by atoms with E-state index in [2.05, 4.69) is 103 Å². The fourth-order valence-corrected chi connectivity index (χ4v) is 5.90. The van der Waals surface area contributed by atoms with Crippen LogP contribution in [0.3, 0.4) is 0 Å². The Bertz CT molecular complexity index is 857. The van der Waals surface area contributed by atoms with E-state index in [1.807, 2.05) is 23.5 Å². The molecule has 0 aliphatic heterocycles. The topological polar surface area (TPSA) is 24.7 Å². The molecule has 32 heavy (non-hydrogen) atoms. The highest BCUT2D eigenvalue weighted by molar-refractivity contribution is 8.01. The molecule has 2 aromatic rings. The van der Waals surface area contributed by atoms with Crippen molar-refractivity contribution in [3.63, 3.8) is 0 Å². The summed E-state index contributed by atoms with van der Waals surface area (Å²) in [6.45, 7) is 13.5. The Morgan fingerprint density at radius 3 is 1.41 bits per heavy atom. The summed E-state index contributed by atoms with van der Waals surface area (Å²) in [7, 11) is 0. The molecule has 0 aromatic heterocycles. The number of hydrogen-bond acceptors (Lipinski definition) is 4. The molecule has 2 nitrogen and oxygen atoms in total. The SMILES string of the molecule is CC(C)(C)Sc1ccccc1C=N[C@@H]1CCCC[C@H]1N=Cc1ccccc1SC(C)(C)C. The normalized spacial score (nSPS) is 20.3. The van der Waals surface area contributed by atoms with Crippen molar-refractivity contribution in [3.05, 3.63) is 59.7 Å². The van der Waals surface area contributed by atoms with Gasteiger partial charge in [-0.2, -0.15) is 0 Å². The van der Waals surface area contributed by atoms with Gasteiger partial charge < -0.3 is 0 Å². The van der Waals surface area contributed by atoms with Crippen LogP contribution in [0, 0.1) is 0 Å². The minimum absolute atomic E-state index is 0.181. The minimum atomic E-state index is 0.181. The number of hydrogen-bond donors (Lipinski definition) is 0. The third kappa shape index (κ3) is 8.12. The monoisotopic (exact) mass is 466 g/mol. The van der Waals surface area contributed by atoms with Gasteiger partial charge in [0, 0.05) is 42.8 Å². The molecule has 1 aliphatic rings. The van der Waals surface area contributed by atoms with Gasteiger partial charge in [-0.3, -0.25) is 9.98 Å². The molecule has 1 saturated carbocycles. The first-order valence-corrected chi connectivity index (χ1v) is 13.4. The quantitative estimate of drug-likeness (QED) is 0.316. The van der Waals surface area contributed by atoms with Crippen LogP contribution in [0.2, 0.25) is 0 Å². The molecule has 0 unspecified atom stereocenters. The highest BCUT2D eigenvalue weighted by Gasteiger charge is 2.24. The van der Waals surface area contributed by atoms with Crippen molar-refractivity contribution in [2.45, 2.75) is 98.6 Å². The Balaban J connectivity index is 1.77. The second-order valence-corrected chi connectivity index (χ2v) is 14.2. The van der Waals surface area contributed by atoms with Gasteiger partial charge in [0.2, 0.25) is 0 Å². The number of benzene rings is 2. The summed E-state index contributed by atoms with van der Waals surface area (Å²) in [5.74, 6) is 0. The summed E-state index contributed by atoms with van der Waals surface area (Å²) in [6.07, 6.45) is 8.90. The molecule has 3 rings (SSSR count). The number of aliphatic imine (C=N–C) groups is 2. The molecule has 0 radical (unpaired) electrons. The van der Waals surface area contributed by atoms with Crippen molar-refractivity contribution >= 4 is 36.0 Å². The van der Waals surface area contributed by atoms with Crippen molar-refractivity contribution in [3.8, 4) is 0 Å². The van der Waals surface area contributed by atoms with Crippen molar-refractivity contribution < 1.29 is 0 Å². The zero-order chi connectivity index (χ0) is 23.2. The molecule has 0 spiro atoms. The molecule has 0 amide bonds. The molecular weight excluding hydrogens is 428 g/mol. The lowest BCUT2D eigenvalue weighted by molar-refractivity contribution is 0.390. The highest BCUT2D eigenvalue weighted by atomic mass is 32.2. The molecule has 0 saturated heterocycles. The van der Waals surface area contributed by atoms with Gasteiger partial charge in [0.15, 0.2) is 0 Å². The Hall–Kier alpha value is -1.52. The lowest BCUT2D eigenvalue weighted by Gasteiger charge is -2.26. The number of rotatable bonds is 6. The van der Waals surface area contributed by atoms with E-state index in [0.717, 1.165) is 12.8 Å². The summed E-state index contributed by atoms with van der Waals surface area (Å²) in [5, 5.41) is 0. The summed E-state index contributed by atoms with van der Waals surface area (Å²) in [5.41, 5.74) is 2.43. The molecule has 4 heteroatoms. The predicted octanol–water partition coefficient (Wildman–Crippen LogP) is 8.32. The zero-order valence-electron chi connectivity index (χ0n) is 20.5. The first-order chi connectivity index (χ1) is 15.1. The second kappa shape index (κ2) is 11.1. The van der Waals surface area contributed by atoms with Gasteiger partial charge in [-0.25, -0.2) is 0 Å². The fourth-order valence-electron chi connectivity index (χ4n) is 3.81. The van der Waals surface area contributed by atoms with Gasteiger partial charge in [-0.05, 0) is 25.0 Å². The molecule has 0 bridgehead atoms. The molecule has 0 heterocycles. The molecule has 172 valence electrons. The van der Waals surface area contributed by atoms with E-state index in [-0.39, 0.29) is 21.6 Å². The zero-order valence-corrected chi connectivity index (χ0v) is 22.1. The summed E-state index contributed by atoms with van der Waals surface area (Å²) < 4.78 is 0.361. The van der Waals surface area contributed by atoms with Gasteiger partial charge in [-0.1, -0.05) is 90.8 Å². The third-order valence-corrected chi connectivity index (χ3v) is 7.58.